The SMILES string of the molecule is CCc1nc(CN2CCN(C(=O)c3cnc(C)[nH]3)CC2)no1. The second kappa shape index (κ2) is 6.27. The molecular formula is C14H20N6O2. The number of nitrogens with zero attached hydrogens (tertiary/aromatic N) is 5. The number of aryl methyl sites for hydroxylation is 2. The van der Waals surface area contributed by atoms with Crippen LogP contribution in [0.1, 0.15) is 35.0 Å². The highest BCUT2D eigenvalue weighted by atomic mass is 16.5. The molecule has 0 bridgehead atoms. The molecule has 0 radical (unpaired) electrons. The number of hydrogen-bond donors (Lipinski definition) is 1. The van der Waals surface area contributed by atoms with Crippen LogP contribution in [0.2, 0.25) is 0 Å². The van der Waals surface area contributed by atoms with Gasteiger partial charge in [-0.3, -0.25) is 9.69 Å². The van der Waals surface area contributed by atoms with E-state index in [0.717, 1.165) is 25.3 Å². The molecule has 0 saturated carbocycles. The zero-order chi connectivity index (χ0) is 15.5. The van der Waals surface area contributed by atoms with Gasteiger partial charge in [-0.15, -0.1) is 0 Å². The number of carbonyl (C=O) groups excluding carboxylic acids is 1. The first-order valence-corrected chi connectivity index (χ1v) is 7.50. The van der Waals surface area contributed by atoms with Crippen LogP contribution in [-0.4, -0.2) is 62.0 Å². The lowest BCUT2D eigenvalue weighted by molar-refractivity contribution is 0.0619. The molecule has 3 rings (SSSR count). The number of hydrogen-bond acceptors (Lipinski definition) is 6. The van der Waals surface area contributed by atoms with Crippen molar-refractivity contribution >= 4 is 5.91 Å². The van der Waals surface area contributed by atoms with Crippen molar-refractivity contribution < 1.29 is 9.32 Å². The number of H-pyrrole nitrogens is 1. The maximum atomic E-state index is 12.3. The molecule has 0 spiro atoms. The Hall–Kier alpha value is -2.22. The molecule has 1 aliphatic rings. The van der Waals surface area contributed by atoms with E-state index in [2.05, 4.69) is 25.0 Å². The van der Waals surface area contributed by atoms with Crippen molar-refractivity contribution in [3.63, 3.8) is 0 Å². The summed E-state index contributed by atoms with van der Waals surface area (Å²) in [6.45, 7) is 7.46. The highest BCUT2D eigenvalue weighted by Gasteiger charge is 2.24. The van der Waals surface area contributed by atoms with Gasteiger partial charge in [-0.2, -0.15) is 4.98 Å². The van der Waals surface area contributed by atoms with Crippen LogP contribution < -0.4 is 0 Å². The predicted molar refractivity (Wildman–Crippen MR) is 78.2 cm³/mol. The Morgan fingerprint density at radius 1 is 1.36 bits per heavy atom. The van der Waals surface area contributed by atoms with Gasteiger partial charge in [-0.1, -0.05) is 12.1 Å². The van der Waals surface area contributed by atoms with Crippen LogP contribution >= 0.6 is 0 Å². The molecule has 2 aromatic rings. The molecule has 3 heterocycles. The second-order valence-electron chi connectivity index (χ2n) is 5.41. The number of aromatic amines is 1. The van der Waals surface area contributed by atoms with Crippen LogP contribution in [0.4, 0.5) is 0 Å². The van der Waals surface area contributed by atoms with Crippen LogP contribution in [0.5, 0.6) is 0 Å². The molecule has 22 heavy (non-hydrogen) atoms. The molecular weight excluding hydrogens is 284 g/mol. The van der Waals surface area contributed by atoms with Crippen molar-refractivity contribution in [1.82, 2.24) is 29.9 Å². The summed E-state index contributed by atoms with van der Waals surface area (Å²) in [4.78, 5) is 27.8. The number of carbonyl (C=O) groups is 1. The third kappa shape index (κ3) is 3.16. The van der Waals surface area contributed by atoms with E-state index in [9.17, 15) is 4.79 Å². The topological polar surface area (TPSA) is 91.2 Å². The van der Waals surface area contributed by atoms with Gasteiger partial charge in [-0.05, 0) is 6.92 Å². The predicted octanol–water partition coefficient (Wildman–Crippen LogP) is 0.622. The minimum absolute atomic E-state index is 0.00748. The minimum atomic E-state index is 0.00748. The molecule has 1 N–H and O–H groups in total. The maximum absolute atomic E-state index is 12.3. The van der Waals surface area contributed by atoms with E-state index in [1.807, 2.05) is 18.7 Å². The first kappa shape index (κ1) is 14.7. The summed E-state index contributed by atoms with van der Waals surface area (Å²) < 4.78 is 5.11. The molecule has 118 valence electrons. The number of amides is 1. The van der Waals surface area contributed by atoms with Crippen molar-refractivity contribution in [1.29, 1.82) is 0 Å². The molecule has 1 amide bonds. The monoisotopic (exact) mass is 304 g/mol. The number of nitrogens with one attached hydrogen (secondary N) is 1. The Bertz CT molecular complexity index is 641. The van der Waals surface area contributed by atoms with Crippen LogP contribution in [0.3, 0.4) is 0 Å². The molecule has 2 aromatic heterocycles. The van der Waals surface area contributed by atoms with Crippen LogP contribution in [0.25, 0.3) is 0 Å². The first-order chi connectivity index (χ1) is 10.7. The maximum Gasteiger partial charge on any atom is 0.272 e. The van der Waals surface area contributed by atoms with E-state index in [1.54, 1.807) is 6.20 Å². The van der Waals surface area contributed by atoms with Crippen LogP contribution in [0.15, 0.2) is 10.7 Å². The fraction of sp³-hybridized carbons (Fsp3) is 0.571. The Labute approximate surface area is 128 Å². The van der Waals surface area contributed by atoms with Gasteiger partial charge in [0, 0.05) is 32.6 Å². The third-order valence-corrected chi connectivity index (χ3v) is 3.77. The average Bonchev–Trinajstić information content (AvgIpc) is 3.16. The molecule has 8 nitrogen and oxygen atoms in total. The molecule has 0 atom stereocenters. The largest absolute Gasteiger partial charge is 0.339 e. The quantitative estimate of drug-likeness (QED) is 0.890. The lowest BCUT2D eigenvalue weighted by Crippen LogP contribution is -2.48. The van der Waals surface area contributed by atoms with E-state index < -0.39 is 0 Å². The van der Waals surface area contributed by atoms with Crippen molar-refractivity contribution in [3.05, 3.63) is 29.4 Å². The normalized spacial score (nSPS) is 16.2. The lowest BCUT2D eigenvalue weighted by Gasteiger charge is -2.33. The van der Waals surface area contributed by atoms with Gasteiger partial charge < -0.3 is 14.4 Å². The van der Waals surface area contributed by atoms with Gasteiger partial charge in [0.2, 0.25) is 5.89 Å². The Kier molecular flexibility index (Phi) is 4.19. The molecule has 1 aliphatic heterocycles. The number of aromatic nitrogens is 4. The first-order valence-electron chi connectivity index (χ1n) is 7.50. The van der Waals surface area contributed by atoms with E-state index in [0.29, 0.717) is 37.0 Å². The fourth-order valence-electron chi connectivity index (χ4n) is 2.51. The van der Waals surface area contributed by atoms with Gasteiger partial charge >= 0.3 is 0 Å². The zero-order valence-electron chi connectivity index (χ0n) is 12.9. The summed E-state index contributed by atoms with van der Waals surface area (Å²) >= 11 is 0. The minimum Gasteiger partial charge on any atom is -0.339 e. The Balaban J connectivity index is 1.52. The van der Waals surface area contributed by atoms with Crippen molar-refractivity contribution in [3.8, 4) is 0 Å². The summed E-state index contributed by atoms with van der Waals surface area (Å²) in [5, 5.41) is 3.96. The van der Waals surface area contributed by atoms with E-state index in [-0.39, 0.29) is 5.91 Å². The van der Waals surface area contributed by atoms with Gasteiger partial charge in [0.05, 0.1) is 12.7 Å². The van der Waals surface area contributed by atoms with Crippen molar-refractivity contribution in [2.24, 2.45) is 0 Å². The van der Waals surface area contributed by atoms with Gasteiger partial charge in [0.25, 0.3) is 5.91 Å². The van der Waals surface area contributed by atoms with E-state index in [4.69, 9.17) is 4.52 Å². The highest BCUT2D eigenvalue weighted by molar-refractivity contribution is 5.92. The summed E-state index contributed by atoms with van der Waals surface area (Å²) in [5.74, 6) is 2.14. The molecule has 8 heteroatoms. The van der Waals surface area contributed by atoms with E-state index >= 15 is 0 Å². The molecule has 0 aromatic carbocycles. The summed E-state index contributed by atoms with van der Waals surface area (Å²) in [7, 11) is 0. The van der Waals surface area contributed by atoms with Crippen LogP contribution in [-0.2, 0) is 13.0 Å². The van der Waals surface area contributed by atoms with E-state index in [1.165, 1.54) is 0 Å². The van der Waals surface area contributed by atoms with Gasteiger partial charge in [0.1, 0.15) is 11.5 Å². The zero-order valence-corrected chi connectivity index (χ0v) is 12.9. The number of rotatable bonds is 4. The third-order valence-electron chi connectivity index (χ3n) is 3.77. The number of imidazole rings is 1. The second-order valence-corrected chi connectivity index (χ2v) is 5.41. The highest BCUT2D eigenvalue weighted by Crippen LogP contribution is 2.10. The Morgan fingerprint density at radius 2 is 2.14 bits per heavy atom. The summed E-state index contributed by atoms with van der Waals surface area (Å²) in [6.07, 6.45) is 2.34. The summed E-state index contributed by atoms with van der Waals surface area (Å²) in [6, 6.07) is 0. The molecule has 1 fully saturated rings. The lowest BCUT2D eigenvalue weighted by atomic mass is 10.3. The molecule has 0 unspecified atom stereocenters. The standard InChI is InChI=1S/C14H20N6O2/c1-3-13-17-12(18-22-13)9-19-4-6-20(7-5-19)14(21)11-8-15-10(2)16-11/h8H,3-7,9H2,1-2H3,(H,15,16). The average molecular weight is 304 g/mol. The van der Waals surface area contributed by atoms with Gasteiger partial charge in [0.15, 0.2) is 5.82 Å². The van der Waals surface area contributed by atoms with Crippen molar-refractivity contribution in [2.45, 2.75) is 26.8 Å². The van der Waals surface area contributed by atoms with Gasteiger partial charge in [-0.25, -0.2) is 4.98 Å². The Morgan fingerprint density at radius 3 is 2.73 bits per heavy atom. The smallest absolute Gasteiger partial charge is 0.272 e. The van der Waals surface area contributed by atoms with Crippen molar-refractivity contribution in [2.75, 3.05) is 26.2 Å². The summed E-state index contributed by atoms with van der Waals surface area (Å²) in [5.41, 5.74) is 0.553. The van der Waals surface area contributed by atoms with Crippen LogP contribution in [0, 0.1) is 6.92 Å². The fourth-order valence-corrected chi connectivity index (χ4v) is 2.51. The molecule has 0 aliphatic carbocycles. The number of piperazine rings is 1. The molecule has 1 saturated heterocycles.